The Morgan fingerprint density at radius 1 is 1.42 bits per heavy atom. The van der Waals surface area contributed by atoms with Crippen LogP contribution in [-0.2, 0) is 6.42 Å². The second-order valence-electron chi connectivity index (χ2n) is 7.45. The van der Waals surface area contributed by atoms with Crippen molar-refractivity contribution in [3.8, 4) is 5.69 Å². The first-order chi connectivity index (χ1) is 12.3. The molecule has 0 bridgehead atoms. The molecular formula is C19H26ClN5O. The Morgan fingerprint density at radius 3 is 2.85 bits per heavy atom. The molecule has 7 heteroatoms. The SMILES string of the molecule is Cc1cc(Cl)ccc1-n1nc(CC(C)C)nc1[C@@H]1CCCN(C(N)=O)C1. The van der Waals surface area contributed by atoms with E-state index in [1.165, 1.54) is 0 Å². The zero-order valence-corrected chi connectivity index (χ0v) is 16.3. The number of nitrogens with zero attached hydrogens (tertiary/aromatic N) is 4. The van der Waals surface area contributed by atoms with Crippen molar-refractivity contribution in [3.63, 3.8) is 0 Å². The van der Waals surface area contributed by atoms with Crippen LogP contribution in [0.15, 0.2) is 18.2 Å². The number of urea groups is 1. The second kappa shape index (κ2) is 7.66. The lowest BCUT2D eigenvalue weighted by atomic mass is 9.97. The van der Waals surface area contributed by atoms with E-state index < -0.39 is 0 Å². The van der Waals surface area contributed by atoms with E-state index in [4.69, 9.17) is 27.4 Å². The van der Waals surface area contributed by atoms with Crippen LogP contribution >= 0.6 is 11.6 Å². The van der Waals surface area contributed by atoms with Crippen molar-refractivity contribution in [1.29, 1.82) is 0 Å². The molecule has 1 aromatic heterocycles. The van der Waals surface area contributed by atoms with Crippen molar-refractivity contribution in [2.75, 3.05) is 13.1 Å². The fraction of sp³-hybridized carbons (Fsp3) is 0.526. The number of aryl methyl sites for hydroxylation is 1. The Morgan fingerprint density at radius 2 is 2.19 bits per heavy atom. The van der Waals surface area contributed by atoms with Crippen molar-refractivity contribution in [1.82, 2.24) is 19.7 Å². The third-order valence-corrected chi connectivity index (χ3v) is 4.99. The van der Waals surface area contributed by atoms with Gasteiger partial charge in [0.2, 0.25) is 0 Å². The summed E-state index contributed by atoms with van der Waals surface area (Å²) in [6.45, 7) is 7.62. The fourth-order valence-corrected chi connectivity index (χ4v) is 3.73. The van der Waals surface area contributed by atoms with Gasteiger partial charge in [0.15, 0.2) is 5.82 Å². The zero-order valence-electron chi connectivity index (χ0n) is 15.6. The lowest BCUT2D eigenvalue weighted by Crippen LogP contribution is -2.42. The Kier molecular flexibility index (Phi) is 5.51. The number of hydrogen-bond acceptors (Lipinski definition) is 3. The number of aromatic nitrogens is 3. The number of halogens is 1. The zero-order chi connectivity index (χ0) is 18.8. The molecule has 0 unspecified atom stereocenters. The number of rotatable bonds is 4. The van der Waals surface area contributed by atoms with E-state index in [1.807, 2.05) is 29.8 Å². The summed E-state index contributed by atoms with van der Waals surface area (Å²) in [6, 6.07) is 5.41. The van der Waals surface area contributed by atoms with Gasteiger partial charge in [-0.25, -0.2) is 14.5 Å². The summed E-state index contributed by atoms with van der Waals surface area (Å²) in [5, 5.41) is 5.49. The van der Waals surface area contributed by atoms with Crippen molar-refractivity contribution in [3.05, 3.63) is 40.4 Å². The minimum absolute atomic E-state index is 0.125. The van der Waals surface area contributed by atoms with E-state index in [-0.39, 0.29) is 11.9 Å². The van der Waals surface area contributed by atoms with Gasteiger partial charge >= 0.3 is 6.03 Å². The number of carbonyl (C=O) groups is 1. The van der Waals surface area contributed by atoms with E-state index in [1.54, 1.807) is 4.90 Å². The largest absolute Gasteiger partial charge is 0.351 e. The summed E-state index contributed by atoms with van der Waals surface area (Å²) in [6.07, 6.45) is 2.70. The van der Waals surface area contributed by atoms with E-state index in [2.05, 4.69) is 13.8 Å². The molecule has 0 aliphatic carbocycles. The average molecular weight is 376 g/mol. The fourth-order valence-electron chi connectivity index (χ4n) is 3.51. The Labute approximate surface area is 159 Å². The van der Waals surface area contributed by atoms with E-state index in [0.29, 0.717) is 24.0 Å². The molecule has 1 aliphatic rings. The van der Waals surface area contributed by atoms with Gasteiger partial charge in [-0.2, -0.15) is 5.10 Å². The molecule has 3 rings (SSSR count). The quantitative estimate of drug-likeness (QED) is 0.885. The minimum Gasteiger partial charge on any atom is -0.351 e. The summed E-state index contributed by atoms with van der Waals surface area (Å²) < 4.78 is 1.93. The molecular weight excluding hydrogens is 350 g/mol. The maximum atomic E-state index is 11.6. The second-order valence-corrected chi connectivity index (χ2v) is 7.89. The summed E-state index contributed by atoms with van der Waals surface area (Å²) in [7, 11) is 0. The number of piperidine rings is 1. The van der Waals surface area contributed by atoms with Crippen LogP contribution in [0.5, 0.6) is 0 Å². The molecule has 1 fully saturated rings. The number of likely N-dealkylation sites (tertiary alicyclic amines) is 1. The first-order valence-corrected chi connectivity index (χ1v) is 9.49. The molecule has 1 atom stereocenters. The van der Waals surface area contributed by atoms with Crippen molar-refractivity contribution >= 4 is 17.6 Å². The van der Waals surface area contributed by atoms with Crippen LogP contribution < -0.4 is 5.73 Å². The monoisotopic (exact) mass is 375 g/mol. The first kappa shape index (κ1) is 18.7. The normalized spacial score (nSPS) is 17.7. The van der Waals surface area contributed by atoms with Crippen LogP contribution in [0, 0.1) is 12.8 Å². The summed E-state index contributed by atoms with van der Waals surface area (Å²) >= 11 is 6.12. The molecule has 6 nitrogen and oxygen atoms in total. The highest BCUT2D eigenvalue weighted by Gasteiger charge is 2.28. The lowest BCUT2D eigenvalue weighted by molar-refractivity contribution is 0.187. The number of primary amides is 1. The van der Waals surface area contributed by atoms with Gasteiger partial charge in [-0.3, -0.25) is 0 Å². The number of carbonyl (C=O) groups excluding carboxylic acids is 1. The van der Waals surface area contributed by atoms with Crippen LogP contribution in [0.3, 0.4) is 0 Å². The van der Waals surface area contributed by atoms with Gasteiger partial charge in [0, 0.05) is 30.5 Å². The van der Waals surface area contributed by atoms with Crippen molar-refractivity contribution < 1.29 is 4.79 Å². The summed E-state index contributed by atoms with van der Waals surface area (Å²) in [5.74, 6) is 2.33. The van der Waals surface area contributed by atoms with Gasteiger partial charge in [0.25, 0.3) is 0 Å². The van der Waals surface area contributed by atoms with Crippen LogP contribution in [0.4, 0.5) is 4.79 Å². The van der Waals surface area contributed by atoms with Crippen molar-refractivity contribution in [2.45, 2.75) is 46.0 Å². The molecule has 0 saturated carbocycles. The molecule has 0 radical (unpaired) electrons. The maximum Gasteiger partial charge on any atom is 0.314 e. The topological polar surface area (TPSA) is 77.0 Å². The predicted octanol–water partition coefficient (Wildman–Crippen LogP) is 3.69. The highest BCUT2D eigenvalue weighted by Crippen LogP contribution is 2.29. The minimum atomic E-state index is -0.370. The van der Waals surface area contributed by atoms with Crippen molar-refractivity contribution in [2.24, 2.45) is 11.7 Å². The molecule has 2 N–H and O–H groups in total. The smallest absolute Gasteiger partial charge is 0.314 e. The van der Waals surface area contributed by atoms with Crippen LogP contribution in [-0.4, -0.2) is 38.8 Å². The van der Waals surface area contributed by atoms with Crippen LogP contribution in [0.2, 0.25) is 5.02 Å². The summed E-state index contributed by atoms with van der Waals surface area (Å²) in [5.41, 5.74) is 7.52. The Hall–Kier alpha value is -2.08. The molecule has 26 heavy (non-hydrogen) atoms. The molecule has 140 valence electrons. The van der Waals surface area contributed by atoms with Gasteiger partial charge in [-0.1, -0.05) is 25.4 Å². The number of nitrogens with two attached hydrogens (primary N) is 1. The van der Waals surface area contributed by atoms with Gasteiger partial charge in [-0.05, 0) is 49.4 Å². The van der Waals surface area contributed by atoms with Gasteiger partial charge in [-0.15, -0.1) is 0 Å². The standard InChI is InChI=1S/C19H26ClN5O/c1-12(2)9-17-22-18(14-5-4-8-24(11-14)19(21)26)25(23-17)16-7-6-15(20)10-13(16)3/h6-7,10,12,14H,4-5,8-9,11H2,1-3H3,(H2,21,26)/t14-/m1/s1. The first-order valence-electron chi connectivity index (χ1n) is 9.12. The third kappa shape index (κ3) is 4.01. The van der Waals surface area contributed by atoms with E-state index in [0.717, 1.165) is 42.2 Å². The third-order valence-electron chi connectivity index (χ3n) is 4.75. The van der Waals surface area contributed by atoms with E-state index in [9.17, 15) is 4.79 Å². The van der Waals surface area contributed by atoms with Crippen LogP contribution in [0.25, 0.3) is 5.69 Å². The highest BCUT2D eigenvalue weighted by atomic mass is 35.5. The highest BCUT2D eigenvalue weighted by molar-refractivity contribution is 6.30. The molecule has 0 spiro atoms. The number of hydrogen-bond donors (Lipinski definition) is 1. The Bertz CT molecular complexity index is 801. The maximum absolute atomic E-state index is 11.6. The van der Waals surface area contributed by atoms with E-state index >= 15 is 0 Å². The predicted molar refractivity (Wildman–Crippen MR) is 103 cm³/mol. The molecule has 1 aliphatic heterocycles. The molecule has 2 amide bonds. The molecule has 1 aromatic carbocycles. The molecule has 1 saturated heterocycles. The van der Waals surface area contributed by atoms with Gasteiger partial charge in [0.1, 0.15) is 5.82 Å². The average Bonchev–Trinajstić information content (AvgIpc) is 2.97. The summed E-state index contributed by atoms with van der Waals surface area (Å²) in [4.78, 5) is 18.2. The molecule has 2 aromatic rings. The number of benzene rings is 1. The van der Waals surface area contributed by atoms with Crippen LogP contribution in [0.1, 0.15) is 49.8 Å². The molecule has 2 heterocycles. The van der Waals surface area contributed by atoms with Gasteiger partial charge < -0.3 is 10.6 Å². The lowest BCUT2D eigenvalue weighted by Gasteiger charge is -2.31. The van der Waals surface area contributed by atoms with Gasteiger partial charge in [0.05, 0.1) is 5.69 Å². The Balaban J connectivity index is 2.02. The number of amides is 2.